The minimum absolute atomic E-state index is 0.0900. The molecule has 0 fully saturated rings. The van der Waals surface area contributed by atoms with E-state index in [9.17, 15) is 28.0 Å². The summed E-state index contributed by atoms with van der Waals surface area (Å²) >= 11 is 5.57. The lowest BCUT2D eigenvalue weighted by Gasteiger charge is -2.17. The first-order chi connectivity index (χ1) is 15.6. The molecule has 0 spiro atoms. The highest BCUT2D eigenvalue weighted by Gasteiger charge is 2.33. The van der Waals surface area contributed by atoms with Crippen LogP contribution < -0.4 is 15.7 Å². The second-order valence-electron chi connectivity index (χ2n) is 7.40. The highest BCUT2D eigenvalue weighted by atomic mass is 35.5. The van der Waals surface area contributed by atoms with Gasteiger partial charge in [-0.3, -0.25) is 10.0 Å². The largest absolute Gasteiger partial charge is 0.417 e. The predicted octanol–water partition coefficient (Wildman–Crippen LogP) is 6.66. The maximum atomic E-state index is 13.0. The molecule has 3 aromatic rings. The number of nitrogens with one attached hydrogen (secondary N) is 2. The average Bonchev–Trinajstić information content (AvgIpc) is 3.14. The zero-order valence-electron chi connectivity index (χ0n) is 16.9. The highest BCUT2D eigenvalue weighted by molar-refractivity contribution is 6.31. The molecule has 33 heavy (non-hydrogen) atoms. The molecule has 10 heteroatoms. The summed E-state index contributed by atoms with van der Waals surface area (Å²) in [7, 11) is 0. The molecule has 0 saturated heterocycles. The number of carbonyl (C=O) groups excluding carboxylic acids is 2. The second kappa shape index (κ2) is 8.76. The third kappa shape index (κ3) is 4.94. The van der Waals surface area contributed by atoms with E-state index in [0.717, 1.165) is 23.7 Å². The number of benzene rings is 3. The van der Waals surface area contributed by atoms with Gasteiger partial charge >= 0.3 is 12.2 Å². The van der Waals surface area contributed by atoms with Gasteiger partial charge in [0.25, 0.3) is 0 Å². The number of hydrogen-bond acceptors (Lipinski definition) is 4. The Kier molecular flexibility index (Phi) is 6.01. The Morgan fingerprint density at radius 1 is 0.939 bits per heavy atom. The lowest BCUT2D eigenvalue weighted by molar-refractivity contribution is -0.137. The molecule has 0 atom stereocenters. The van der Waals surface area contributed by atoms with Crippen LogP contribution in [0, 0.1) is 0 Å². The van der Waals surface area contributed by atoms with Crippen molar-refractivity contribution in [3.05, 3.63) is 82.4 Å². The lowest BCUT2D eigenvalue weighted by Crippen LogP contribution is -2.31. The summed E-state index contributed by atoms with van der Waals surface area (Å²) in [5.41, 5.74) is 1.89. The van der Waals surface area contributed by atoms with Crippen LogP contribution in [0.3, 0.4) is 0 Å². The average molecular weight is 476 g/mol. The lowest BCUT2D eigenvalue weighted by atomic mass is 10.1. The second-order valence-corrected chi connectivity index (χ2v) is 7.81. The number of aryl methyl sites for hydroxylation is 1. The maximum absolute atomic E-state index is 13.0. The van der Waals surface area contributed by atoms with Crippen LogP contribution in [0.1, 0.15) is 27.9 Å². The number of amides is 2. The number of fused-ring (bicyclic) bond motifs is 1. The summed E-state index contributed by atoms with van der Waals surface area (Å²) < 4.78 is 39.0. The van der Waals surface area contributed by atoms with Gasteiger partial charge in [-0.25, -0.2) is 4.79 Å². The van der Waals surface area contributed by atoms with E-state index in [4.69, 9.17) is 11.6 Å². The number of urea groups is 1. The van der Waals surface area contributed by atoms with Gasteiger partial charge in [0, 0.05) is 29.0 Å². The Labute approximate surface area is 191 Å². The van der Waals surface area contributed by atoms with Gasteiger partial charge < -0.3 is 10.6 Å². The van der Waals surface area contributed by atoms with Crippen LogP contribution in [-0.2, 0) is 12.6 Å². The van der Waals surface area contributed by atoms with E-state index >= 15 is 0 Å². The van der Waals surface area contributed by atoms with Crippen molar-refractivity contribution in [3.8, 4) is 0 Å². The van der Waals surface area contributed by atoms with Crippen molar-refractivity contribution in [1.82, 2.24) is 0 Å². The van der Waals surface area contributed by atoms with E-state index in [1.165, 1.54) is 18.2 Å². The molecule has 1 aliphatic rings. The molecule has 0 saturated carbocycles. The quantitative estimate of drug-likeness (QED) is 0.291. The topological polar surface area (TPSA) is 81.7 Å². The number of ketones is 1. The zero-order valence-corrected chi connectivity index (χ0v) is 17.7. The Morgan fingerprint density at radius 2 is 1.61 bits per heavy atom. The van der Waals surface area contributed by atoms with Gasteiger partial charge in [0.15, 0.2) is 5.78 Å². The first-order valence-corrected chi connectivity index (χ1v) is 10.2. The van der Waals surface area contributed by atoms with Crippen LogP contribution in [0.5, 0.6) is 0 Å². The molecule has 0 bridgehead atoms. The van der Waals surface area contributed by atoms with Crippen molar-refractivity contribution >= 4 is 46.2 Å². The molecule has 3 N–H and O–H groups in total. The molecule has 6 nitrogen and oxygen atoms in total. The van der Waals surface area contributed by atoms with Gasteiger partial charge in [0.1, 0.15) is 0 Å². The first kappa shape index (κ1) is 22.6. The molecule has 0 unspecified atom stereocenters. The van der Waals surface area contributed by atoms with Crippen molar-refractivity contribution in [2.75, 3.05) is 15.7 Å². The monoisotopic (exact) mass is 475 g/mol. The fraction of sp³-hybridized carbons (Fsp3) is 0.130. The number of anilines is 4. The Hall–Kier alpha value is -3.56. The Bertz CT molecular complexity index is 1230. The highest BCUT2D eigenvalue weighted by Crippen LogP contribution is 2.36. The summed E-state index contributed by atoms with van der Waals surface area (Å²) in [6.07, 6.45) is -3.44. The number of rotatable bonds is 4. The normalized spacial score (nSPS) is 12.9. The molecule has 0 aromatic heterocycles. The van der Waals surface area contributed by atoms with Crippen molar-refractivity contribution in [2.24, 2.45) is 0 Å². The number of alkyl halides is 3. The summed E-state index contributed by atoms with van der Waals surface area (Å²) in [6.45, 7) is 0. The molecule has 1 aliphatic carbocycles. The van der Waals surface area contributed by atoms with Crippen molar-refractivity contribution < 1.29 is 28.0 Å². The van der Waals surface area contributed by atoms with E-state index in [2.05, 4.69) is 10.6 Å². The molecular weight excluding hydrogens is 459 g/mol. The van der Waals surface area contributed by atoms with Gasteiger partial charge in [-0.2, -0.15) is 18.2 Å². The fourth-order valence-corrected chi connectivity index (χ4v) is 3.71. The standard InChI is InChI=1S/C23H17ClF3N3O3/c24-20-9-6-16(12-19(20)23(25,26)27)29-22(32)30(33)17-7-4-14(5-8-17)28-15-3-1-13-2-10-21(31)18(13)11-15/h1,3-9,11-12,28,33H,2,10H2,(H,29,32). The van der Waals surface area contributed by atoms with E-state index in [1.54, 1.807) is 18.2 Å². The third-order valence-corrected chi connectivity index (χ3v) is 5.48. The van der Waals surface area contributed by atoms with Crippen molar-refractivity contribution in [3.63, 3.8) is 0 Å². The summed E-state index contributed by atoms with van der Waals surface area (Å²) in [4.78, 5) is 24.2. The Morgan fingerprint density at radius 3 is 2.30 bits per heavy atom. The number of Topliss-reactive ketones (excluding diaryl/α,β-unsaturated/α-hetero) is 1. The van der Waals surface area contributed by atoms with Gasteiger partial charge in [-0.15, -0.1) is 0 Å². The number of hydroxylamine groups is 1. The van der Waals surface area contributed by atoms with Crippen LogP contribution in [0.15, 0.2) is 60.7 Å². The Balaban J connectivity index is 1.43. The number of carbonyl (C=O) groups is 2. The fourth-order valence-electron chi connectivity index (χ4n) is 3.48. The van der Waals surface area contributed by atoms with Gasteiger partial charge in [0.05, 0.1) is 16.3 Å². The SMILES string of the molecule is O=C1CCc2ccc(Nc3ccc(N(O)C(=O)Nc4ccc(Cl)c(C(F)(F)F)c4)cc3)cc21. The number of halogens is 4. The number of nitrogens with zero attached hydrogens (tertiary/aromatic N) is 1. The molecule has 0 heterocycles. The summed E-state index contributed by atoms with van der Waals surface area (Å²) in [6, 6.07) is 13.5. The van der Waals surface area contributed by atoms with Gasteiger partial charge in [-0.05, 0) is 66.6 Å². The first-order valence-electron chi connectivity index (χ1n) is 9.82. The van der Waals surface area contributed by atoms with Crippen LogP contribution in [0.4, 0.5) is 40.7 Å². The maximum Gasteiger partial charge on any atom is 0.417 e. The molecule has 170 valence electrons. The summed E-state index contributed by atoms with van der Waals surface area (Å²) in [5, 5.41) is 15.3. The minimum atomic E-state index is -4.69. The van der Waals surface area contributed by atoms with Gasteiger partial charge in [-0.1, -0.05) is 17.7 Å². The predicted molar refractivity (Wildman–Crippen MR) is 119 cm³/mol. The third-order valence-electron chi connectivity index (χ3n) is 5.15. The van der Waals surface area contributed by atoms with E-state index in [1.807, 2.05) is 12.1 Å². The minimum Gasteiger partial charge on any atom is -0.356 e. The van der Waals surface area contributed by atoms with Crippen molar-refractivity contribution in [2.45, 2.75) is 19.0 Å². The molecular formula is C23H17ClF3N3O3. The molecule has 2 amide bonds. The zero-order chi connectivity index (χ0) is 23.8. The molecule has 4 rings (SSSR count). The smallest absolute Gasteiger partial charge is 0.356 e. The van der Waals surface area contributed by atoms with Crippen LogP contribution in [0.25, 0.3) is 0 Å². The van der Waals surface area contributed by atoms with Crippen LogP contribution in [-0.4, -0.2) is 17.0 Å². The molecule has 3 aromatic carbocycles. The summed E-state index contributed by atoms with van der Waals surface area (Å²) in [5.74, 6) is 0.106. The molecule has 0 radical (unpaired) electrons. The van der Waals surface area contributed by atoms with E-state index < -0.39 is 22.8 Å². The van der Waals surface area contributed by atoms with Crippen molar-refractivity contribution in [1.29, 1.82) is 0 Å². The van der Waals surface area contributed by atoms with Crippen LogP contribution >= 0.6 is 11.6 Å². The van der Waals surface area contributed by atoms with E-state index in [0.29, 0.717) is 23.7 Å². The van der Waals surface area contributed by atoms with E-state index in [-0.39, 0.29) is 22.2 Å². The molecule has 0 aliphatic heterocycles. The number of hydrogen-bond donors (Lipinski definition) is 3. The van der Waals surface area contributed by atoms with Gasteiger partial charge in [0.2, 0.25) is 0 Å². The van der Waals surface area contributed by atoms with Crippen LogP contribution in [0.2, 0.25) is 5.02 Å².